The van der Waals surface area contributed by atoms with Gasteiger partial charge in [0, 0.05) is 12.5 Å². The fraction of sp³-hybridized carbons (Fsp3) is 0.800. The summed E-state index contributed by atoms with van der Waals surface area (Å²) in [5, 5.41) is 10.2. The van der Waals surface area contributed by atoms with E-state index in [0.29, 0.717) is 13.0 Å². The van der Waals surface area contributed by atoms with E-state index in [1.165, 1.54) is 12.2 Å². The molecular weight excluding hydrogens is 436 g/mol. The van der Waals surface area contributed by atoms with Gasteiger partial charge in [-0.15, -0.1) is 0 Å². The van der Waals surface area contributed by atoms with E-state index in [9.17, 15) is 9.90 Å². The molecule has 1 aliphatic rings. The van der Waals surface area contributed by atoms with Gasteiger partial charge in [-0.1, -0.05) is 53.7 Å². The molecule has 186 valence electrons. The fourth-order valence-electron chi connectivity index (χ4n) is 3.04. The summed E-state index contributed by atoms with van der Waals surface area (Å²) in [5.74, 6) is -0.280. The summed E-state index contributed by atoms with van der Waals surface area (Å²) in [7, 11) is -3.98. The van der Waals surface area contributed by atoms with Gasteiger partial charge in [0.25, 0.3) is 0 Å². The van der Waals surface area contributed by atoms with Gasteiger partial charge in [0.1, 0.15) is 6.10 Å². The number of aliphatic hydroxyl groups is 1. The van der Waals surface area contributed by atoms with Crippen LogP contribution in [-0.4, -0.2) is 52.6 Å². The first kappa shape index (κ1) is 29.5. The van der Waals surface area contributed by atoms with Crippen LogP contribution in [0.3, 0.4) is 0 Å². The quantitative estimate of drug-likeness (QED) is 0.295. The highest BCUT2D eigenvalue weighted by atomic mass is 28.4. The van der Waals surface area contributed by atoms with E-state index in [4.69, 9.17) is 13.6 Å². The Morgan fingerprint density at radius 2 is 1.62 bits per heavy atom. The molecular formula is C25H48O5Si2. The summed E-state index contributed by atoms with van der Waals surface area (Å²) in [6.45, 7) is 28.8. The second kappa shape index (κ2) is 10.8. The van der Waals surface area contributed by atoms with Crippen LogP contribution >= 0.6 is 0 Å². The molecule has 0 spiro atoms. The molecule has 0 aromatic carbocycles. The van der Waals surface area contributed by atoms with Crippen LogP contribution in [0.5, 0.6) is 0 Å². The van der Waals surface area contributed by atoms with Gasteiger partial charge in [-0.2, -0.15) is 0 Å². The zero-order valence-electron chi connectivity index (χ0n) is 22.4. The first-order chi connectivity index (χ1) is 14.3. The molecule has 4 atom stereocenters. The molecule has 1 heterocycles. The topological polar surface area (TPSA) is 65.0 Å². The second-order valence-electron chi connectivity index (χ2n) is 12.3. The third-order valence-corrected chi connectivity index (χ3v) is 16.5. The third-order valence-electron chi connectivity index (χ3n) is 7.48. The Morgan fingerprint density at radius 3 is 2.09 bits per heavy atom. The van der Waals surface area contributed by atoms with E-state index < -0.39 is 29.0 Å². The molecule has 5 nitrogen and oxygen atoms in total. The standard InChI is InChI=1S/C25H48O5Si2/c1-18(2)21(30-32(11,12)25(6,7)8)15-13-19(17-28-31(9,10)24(3,4)5)23-20(26)14-16-22(27)29-23/h14,16,19,21-23,27H,1,13,15,17H2,2-12H3/t19-,21+,22?,23?/m1/s1. The van der Waals surface area contributed by atoms with E-state index in [-0.39, 0.29) is 27.9 Å². The van der Waals surface area contributed by atoms with Crippen molar-refractivity contribution in [3.63, 3.8) is 0 Å². The highest BCUT2D eigenvalue weighted by molar-refractivity contribution is 6.74. The molecule has 32 heavy (non-hydrogen) atoms. The van der Waals surface area contributed by atoms with Crippen molar-refractivity contribution in [1.82, 2.24) is 0 Å². The first-order valence-electron chi connectivity index (χ1n) is 11.8. The van der Waals surface area contributed by atoms with E-state index in [1.807, 2.05) is 6.92 Å². The van der Waals surface area contributed by atoms with E-state index >= 15 is 0 Å². The summed E-state index contributed by atoms with van der Waals surface area (Å²) in [5.41, 5.74) is 0.995. The summed E-state index contributed by atoms with van der Waals surface area (Å²) >= 11 is 0. The lowest BCUT2D eigenvalue weighted by Gasteiger charge is -2.41. The molecule has 7 heteroatoms. The first-order valence-corrected chi connectivity index (χ1v) is 17.6. The average Bonchev–Trinajstić information content (AvgIpc) is 2.60. The Bertz CT molecular complexity index is 685. The second-order valence-corrected chi connectivity index (χ2v) is 21.9. The number of hydrogen-bond acceptors (Lipinski definition) is 5. The number of hydrogen-bond donors (Lipinski definition) is 1. The molecule has 0 amide bonds. The number of carbonyl (C=O) groups excluding carboxylic acids is 1. The predicted molar refractivity (Wildman–Crippen MR) is 138 cm³/mol. The van der Waals surface area contributed by atoms with Crippen LogP contribution in [-0.2, 0) is 18.4 Å². The molecule has 0 bridgehead atoms. The molecule has 0 aliphatic carbocycles. The van der Waals surface area contributed by atoms with Crippen LogP contribution in [0.15, 0.2) is 24.3 Å². The highest BCUT2D eigenvalue weighted by Gasteiger charge is 2.41. The van der Waals surface area contributed by atoms with Crippen molar-refractivity contribution >= 4 is 22.4 Å². The van der Waals surface area contributed by atoms with Crippen molar-refractivity contribution < 1.29 is 23.5 Å². The Kier molecular flexibility index (Phi) is 9.93. The van der Waals surface area contributed by atoms with Gasteiger partial charge in [-0.05, 0) is 68.2 Å². The molecule has 0 aromatic rings. The minimum Gasteiger partial charge on any atom is -0.416 e. The van der Waals surface area contributed by atoms with Crippen LogP contribution in [0.1, 0.15) is 61.3 Å². The van der Waals surface area contributed by atoms with Gasteiger partial charge in [-0.3, -0.25) is 4.79 Å². The van der Waals surface area contributed by atoms with Crippen molar-refractivity contribution in [2.24, 2.45) is 5.92 Å². The summed E-state index contributed by atoms with van der Waals surface area (Å²) in [4.78, 5) is 12.6. The summed E-state index contributed by atoms with van der Waals surface area (Å²) < 4.78 is 18.8. The minimum absolute atomic E-state index is 0.0695. The van der Waals surface area contributed by atoms with Crippen molar-refractivity contribution in [2.45, 2.75) is 116 Å². The van der Waals surface area contributed by atoms with Crippen molar-refractivity contribution in [2.75, 3.05) is 6.61 Å². The average molecular weight is 485 g/mol. The van der Waals surface area contributed by atoms with Crippen LogP contribution in [0.2, 0.25) is 36.3 Å². The molecule has 0 aromatic heterocycles. The Morgan fingerprint density at radius 1 is 1.09 bits per heavy atom. The van der Waals surface area contributed by atoms with Crippen molar-refractivity contribution in [3.8, 4) is 0 Å². The molecule has 0 saturated heterocycles. The van der Waals surface area contributed by atoms with Crippen LogP contribution < -0.4 is 0 Å². The van der Waals surface area contributed by atoms with Gasteiger partial charge in [0.05, 0.1) is 6.10 Å². The lowest BCUT2D eigenvalue weighted by Crippen LogP contribution is -2.46. The monoisotopic (exact) mass is 484 g/mol. The zero-order valence-corrected chi connectivity index (χ0v) is 24.4. The number of ether oxygens (including phenoxy) is 1. The van der Waals surface area contributed by atoms with Crippen LogP contribution in [0.25, 0.3) is 0 Å². The van der Waals surface area contributed by atoms with E-state index in [0.717, 1.165) is 12.0 Å². The predicted octanol–water partition coefficient (Wildman–Crippen LogP) is 6.21. The lowest BCUT2D eigenvalue weighted by atomic mass is 9.91. The van der Waals surface area contributed by atoms with Gasteiger partial charge < -0.3 is 18.7 Å². The minimum atomic E-state index is -2.00. The molecule has 0 saturated carbocycles. The van der Waals surface area contributed by atoms with Crippen LogP contribution in [0, 0.1) is 5.92 Å². The maximum Gasteiger partial charge on any atom is 0.192 e. The number of ketones is 1. The molecule has 2 unspecified atom stereocenters. The number of carbonyl (C=O) groups is 1. The largest absolute Gasteiger partial charge is 0.416 e. The number of rotatable bonds is 10. The Hall–Kier alpha value is -0.576. The highest BCUT2D eigenvalue weighted by Crippen LogP contribution is 2.40. The molecule has 0 radical (unpaired) electrons. The lowest BCUT2D eigenvalue weighted by molar-refractivity contribution is -0.159. The molecule has 0 fully saturated rings. The molecule has 1 aliphatic heterocycles. The van der Waals surface area contributed by atoms with Gasteiger partial charge >= 0.3 is 0 Å². The Labute approximate surface area is 198 Å². The smallest absolute Gasteiger partial charge is 0.192 e. The maximum absolute atomic E-state index is 12.6. The molecule has 1 rings (SSSR count). The summed E-state index contributed by atoms with van der Waals surface area (Å²) in [6, 6.07) is 0. The SMILES string of the molecule is C=C(C)[C@H](CC[C@H](CO[Si](C)(C)C(C)(C)C)C1OC(O)C=CC1=O)O[Si](C)(C)C(C)(C)C. The Balaban J connectivity index is 3.05. The van der Waals surface area contributed by atoms with Crippen LogP contribution in [0.4, 0.5) is 0 Å². The van der Waals surface area contributed by atoms with Gasteiger partial charge in [0.2, 0.25) is 0 Å². The van der Waals surface area contributed by atoms with E-state index in [1.54, 1.807) is 0 Å². The number of aliphatic hydroxyl groups excluding tert-OH is 1. The zero-order chi connectivity index (χ0) is 25.1. The fourth-order valence-corrected chi connectivity index (χ4v) is 5.48. The van der Waals surface area contributed by atoms with E-state index in [2.05, 4.69) is 74.3 Å². The third kappa shape index (κ3) is 8.03. The van der Waals surface area contributed by atoms with Crippen molar-refractivity contribution in [1.29, 1.82) is 0 Å². The van der Waals surface area contributed by atoms with Gasteiger partial charge in [0.15, 0.2) is 28.7 Å². The normalized spacial score (nSPS) is 22.7. The van der Waals surface area contributed by atoms with Crippen molar-refractivity contribution in [3.05, 3.63) is 24.3 Å². The maximum atomic E-state index is 12.6. The summed E-state index contributed by atoms with van der Waals surface area (Å²) in [6.07, 6.45) is 2.40. The van der Waals surface area contributed by atoms with Gasteiger partial charge in [-0.25, -0.2) is 0 Å². The molecule has 1 N–H and O–H groups in total.